The van der Waals surface area contributed by atoms with Crippen LogP contribution in [0.4, 0.5) is 0 Å². The summed E-state index contributed by atoms with van der Waals surface area (Å²) >= 11 is 8.82. The third-order valence-electron chi connectivity index (χ3n) is 1.03. The zero-order chi connectivity index (χ0) is 28.0. The third-order valence-corrected chi connectivity index (χ3v) is 1.58. The van der Waals surface area contributed by atoms with Gasteiger partial charge >= 0.3 is 66.1 Å². The summed E-state index contributed by atoms with van der Waals surface area (Å²) in [6.45, 7) is 6.04. The van der Waals surface area contributed by atoms with Crippen LogP contribution in [0.25, 0.3) is 0 Å². The van der Waals surface area contributed by atoms with Crippen molar-refractivity contribution >= 4 is 90.5 Å². The summed E-state index contributed by atoms with van der Waals surface area (Å²) in [6.07, 6.45) is 0. The predicted octanol–water partition coefficient (Wildman–Crippen LogP) is -14.3. The standard InChI is InChI=1S/C5H11NS2.Al.4BH3O3.BHO3.BO3.Zn/c1-3-6(4-2)5(7)8;;6*2-1(3)4;/h3-4H2,1-2H3,(H,7,8);;4*2-4H;2H;;/q;+3;;;;;-2;-3;+2. The maximum absolute atomic E-state index is 8.53. The van der Waals surface area contributed by atoms with Gasteiger partial charge in [-0.3, -0.25) is 7.32 Å². The Morgan fingerprint density at radius 1 is 0.647 bits per heavy atom. The molecule has 0 fully saturated rings. The summed E-state index contributed by atoms with van der Waals surface area (Å²) in [5.41, 5.74) is 0. The Bertz CT molecular complexity index is 267. The molecule has 192 valence electrons. The maximum atomic E-state index is 8.53. The molecule has 0 unspecified atom stereocenters. The Morgan fingerprint density at radius 2 is 0.735 bits per heavy atom. The fourth-order valence-corrected chi connectivity index (χ4v) is 1.04. The summed E-state index contributed by atoms with van der Waals surface area (Å²) in [5.74, 6) is 0. The van der Waals surface area contributed by atoms with E-state index < -0.39 is 43.9 Å². The molecule has 29 heteroatoms. The first-order chi connectivity index (χ1) is 14.1. The van der Waals surface area contributed by atoms with Gasteiger partial charge in [-0.2, -0.15) is 0 Å². The zero-order valence-corrected chi connectivity index (χ0v) is 23.7. The molecular formula is C5H24AlB6NO18S2Zn. The van der Waals surface area contributed by atoms with Crippen molar-refractivity contribution in [2.75, 3.05) is 13.1 Å². The SMILES string of the molecule is CCN(CC)C(=S)S.OB(O)O.OB(O)O.OB(O)O.OB(O)O.[Al+3].[O-]B([O-])O.[O-]B([O-])[O-].[Zn+2]. The molecule has 0 aliphatic rings. The van der Waals surface area contributed by atoms with Gasteiger partial charge in [-0.15, -0.1) is 12.6 Å². The Hall–Kier alpha value is 1.07. The van der Waals surface area contributed by atoms with Crippen molar-refractivity contribution in [3.8, 4) is 0 Å². The van der Waals surface area contributed by atoms with Gasteiger partial charge in [-0.05, 0) is 13.8 Å². The Labute approximate surface area is 231 Å². The second-order valence-corrected chi connectivity index (χ2v) is 4.55. The van der Waals surface area contributed by atoms with Gasteiger partial charge in [-0.1, -0.05) is 12.2 Å². The largest absolute Gasteiger partial charge is 3.00 e. The van der Waals surface area contributed by atoms with Crippen LogP contribution in [0.1, 0.15) is 13.8 Å². The van der Waals surface area contributed by atoms with Gasteiger partial charge in [0.05, 0.1) is 7.32 Å². The minimum Gasteiger partial charge on any atom is -0.907 e. The number of nitrogens with zero attached hydrogens (tertiary/aromatic N) is 1. The van der Waals surface area contributed by atoms with Crippen molar-refractivity contribution in [2.24, 2.45) is 0 Å². The summed E-state index contributed by atoms with van der Waals surface area (Å²) in [6, 6.07) is 0. The minimum absolute atomic E-state index is 0. The molecule has 0 aromatic carbocycles. The topological polar surface area (TPSA) is 382 Å². The van der Waals surface area contributed by atoms with Crippen LogP contribution in [0.15, 0.2) is 0 Å². The van der Waals surface area contributed by atoms with Crippen LogP contribution in [0.2, 0.25) is 0 Å². The van der Waals surface area contributed by atoms with E-state index in [0.717, 1.165) is 13.1 Å². The van der Waals surface area contributed by atoms with Crippen molar-refractivity contribution in [3.05, 3.63) is 0 Å². The van der Waals surface area contributed by atoms with Crippen molar-refractivity contribution in [2.45, 2.75) is 13.8 Å². The van der Waals surface area contributed by atoms with Crippen LogP contribution in [-0.2, 0) is 19.5 Å². The average Bonchev–Trinajstić information content (AvgIpc) is 2.44. The Balaban J connectivity index is -0.0000000310. The van der Waals surface area contributed by atoms with Gasteiger partial charge in [0.2, 0.25) is 0 Å². The van der Waals surface area contributed by atoms with Gasteiger partial charge in [0, 0.05) is 13.1 Å². The molecule has 0 saturated heterocycles. The van der Waals surface area contributed by atoms with Gasteiger partial charge in [-0.25, -0.2) is 0 Å². The van der Waals surface area contributed by atoms with E-state index in [1.807, 2.05) is 4.90 Å². The average molecular weight is 608 g/mol. The second kappa shape index (κ2) is 50.8. The smallest absolute Gasteiger partial charge is 0.907 e. The second-order valence-electron chi connectivity index (χ2n) is 3.44. The van der Waals surface area contributed by atoms with E-state index in [1.54, 1.807) is 0 Å². The molecule has 0 rings (SSSR count). The number of hydrogen-bond acceptors (Lipinski definition) is 19. The van der Waals surface area contributed by atoms with E-state index in [-0.39, 0.29) is 36.8 Å². The first-order valence-corrected chi connectivity index (χ1v) is 8.09. The Morgan fingerprint density at radius 3 is 0.735 bits per heavy atom. The summed E-state index contributed by atoms with van der Waals surface area (Å²) in [4.78, 5) is 2.01. The molecule has 0 atom stereocenters. The quantitative estimate of drug-likeness (QED) is 0.0786. The fourth-order valence-electron chi connectivity index (χ4n) is 0.494. The third kappa shape index (κ3) is 414. The molecule has 0 aromatic rings. The predicted molar refractivity (Wildman–Crippen MR) is 114 cm³/mol. The maximum Gasteiger partial charge on any atom is 3.00 e. The normalized spacial score (nSPS) is 6.85. The van der Waals surface area contributed by atoms with E-state index in [4.69, 9.17) is 103 Å². The molecule has 0 spiro atoms. The minimum atomic E-state index is -2.92. The van der Waals surface area contributed by atoms with Crippen LogP contribution < -0.4 is 25.1 Å². The summed E-state index contributed by atoms with van der Waals surface area (Å²) < 4.78 is 0.690. The molecule has 0 radical (unpaired) electrons. The first-order valence-electron chi connectivity index (χ1n) is 7.23. The number of thiol groups is 1. The number of thiocarbonyl (C=S) groups is 1. The van der Waals surface area contributed by atoms with E-state index in [1.165, 1.54) is 0 Å². The summed E-state index contributed by atoms with van der Waals surface area (Å²) in [7, 11) is -14.3. The molecule has 13 N–H and O–H groups in total. The van der Waals surface area contributed by atoms with Gasteiger partial charge in [0.1, 0.15) is 4.32 Å². The van der Waals surface area contributed by atoms with Gasteiger partial charge < -0.3 is 95.3 Å². The van der Waals surface area contributed by atoms with Crippen LogP contribution in [0, 0.1) is 0 Å². The van der Waals surface area contributed by atoms with E-state index in [0.29, 0.717) is 4.32 Å². The number of hydrogen-bond donors (Lipinski definition) is 14. The van der Waals surface area contributed by atoms with Gasteiger partial charge in [0.15, 0.2) is 0 Å². The van der Waals surface area contributed by atoms with Gasteiger partial charge in [0.25, 0.3) is 0 Å². The summed E-state index contributed by atoms with van der Waals surface area (Å²) in [5, 5.41) is 135. The molecular weight excluding hydrogens is 583 g/mol. The first kappa shape index (κ1) is 59.9. The van der Waals surface area contributed by atoms with Crippen LogP contribution >= 0.6 is 24.8 Å². The molecule has 0 amide bonds. The van der Waals surface area contributed by atoms with Crippen LogP contribution in [-0.4, -0.2) is 149 Å². The van der Waals surface area contributed by atoms with E-state index in [2.05, 4.69) is 26.5 Å². The molecule has 0 saturated carbocycles. The zero-order valence-electron chi connectivity index (χ0n) is 17.8. The number of rotatable bonds is 2. The molecule has 0 aliphatic carbocycles. The van der Waals surface area contributed by atoms with Crippen LogP contribution in [0.5, 0.6) is 0 Å². The molecule has 0 aliphatic heterocycles. The molecule has 0 aromatic heterocycles. The van der Waals surface area contributed by atoms with Crippen molar-refractivity contribution < 1.29 is 110 Å². The van der Waals surface area contributed by atoms with Crippen molar-refractivity contribution in [1.29, 1.82) is 0 Å². The van der Waals surface area contributed by atoms with E-state index >= 15 is 0 Å². The fraction of sp³-hybridized carbons (Fsp3) is 0.800. The molecule has 34 heavy (non-hydrogen) atoms. The van der Waals surface area contributed by atoms with Crippen molar-refractivity contribution in [1.82, 2.24) is 4.90 Å². The Kier molecular flexibility index (Phi) is 89.6. The molecule has 0 heterocycles. The molecule has 0 bridgehead atoms. The molecule has 19 nitrogen and oxygen atoms in total. The van der Waals surface area contributed by atoms with Crippen LogP contribution in [0.3, 0.4) is 0 Å². The monoisotopic (exact) mass is 607 g/mol. The van der Waals surface area contributed by atoms with E-state index in [9.17, 15) is 0 Å². The van der Waals surface area contributed by atoms with Crippen molar-refractivity contribution in [3.63, 3.8) is 0 Å².